The molecule has 0 bridgehead atoms. The fourth-order valence-electron chi connectivity index (χ4n) is 1.73. The van der Waals surface area contributed by atoms with Crippen molar-refractivity contribution in [2.45, 2.75) is 6.42 Å². The van der Waals surface area contributed by atoms with Crippen LogP contribution in [-0.2, 0) is 6.42 Å². The molecule has 0 amide bonds. The van der Waals surface area contributed by atoms with Crippen molar-refractivity contribution in [3.05, 3.63) is 54.1 Å². The maximum absolute atomic E-state index is 9.63. The minimum atomic E-state index is 0.307. The Morgan fingerprint density at radius 3 is 2.33 bits per heavy atom. The van der Waals surface area contributed by atoms with Gasteiger partial charge in [0.25, 0.3) is 0 Å². The van der Waals surface area contributed by atoms with Crippen LogP contribution in [0.4, 0.5) is 0 Å². The van der Waals surface area contributed by atoms with Crippen LogP contribution in [0, 0.1) is 0 Å². The lowest BCUT2D eigenvalue weighted by Gasteiger charge is -2.10. The van der Waals surface area contributed by atoms with Gasteiger partial charge in [-0.25, -0.2) is 0 Å². The van der Waals surface area contributed by atoms with Crippen molar-refractivity contribution in [1.82, 2.24) is 0 Å². The lowest BCUT2D eigenvalue weighted by Crippen LogP contribution is -2.02. The molecule has 0 fully saturated rings. The standard InChI is InChI=1S/C15H16O3/c1-17-14-8-4-5-9-15(14)18-11-10-12-6-2-3-7-13(12)16/h2-9,16H,10-11H2,1H3. The molecule has 0 saturated carbocycles. The molecule has 2 aromatic carbocycles. The molecule has 18 heavy (non-hydrogen) atoms. The number of phenols is 1. The van der Waals surface area contributed by atoms with E-state index >= 15 is 0 Å². The fourth-order valence-corrected chi connectivity index (χ4v) is 1.73. The van der Waals surface area contributed by atoms with Crippen LogP contribution in [0.1, 0.15) is 5.56 Å². The van der Waals surface area contributed by atoms with Crippen LogP contribution < -0.4 is 9.47 Å². The molecule has 0 heterocycles. The Kier molecular flexibility index (Phi) is 4.07. The lowest BCUT2D eigenvalue weighted by atomic mass is 10.1. The van der Waals surface area contributed by atoms with Gasteiger partial charge in [0, 0.05) is 6.42 Å². The van der Waals surface area contributed by atoms with Gasteiger partial charge in [0.2, 0.25) is 0 Å². The van der Waals surface area contributed by atoms with Gasteiger partial charge in [0.15, 0.2) is 11.5 Å². The largest absolute Gasteiger partial charge is 0.508 e. The van der Waals surface area contributed by atoms with E-state index in [1.165, 1.54) is 0 Å². The van der Waals surface area contributed by atoms with Crippen molar-refractivity contribution in [2.75, 3.05) is 13.7 Å². The predicted molar refractivity (Wildman–Crippen MR) is 70.3 cm³/mol. The molecular formula is C15H16O3. The number of hydrogen-bond acceptors (Lipinski definition) is 3. The van der Waals surface area contributed by atoms with E-state index in [4.69, 9.17) is 9.47 Å². The van der Waals surface area contributed by atoms with Crippen molar-refractivity contribution in [3.8, 4) is 17.2 Å². The van der Waals surface area contributed by atoms with Gasteiger partial charge in [-0.3, -0.25) is 0 Å². The molecule has 0 aromatic heterocycles. The van der Waals surface area contributed by atoms with Crippen molar-refractivity contribution < 1.29 is 14.6 Å². The van der Waals surface area contributed by atoms with E-state index in [0.717, 1.165) is 17.1 Å². The summed E-state index contributed by atoms with van der Waals surface area (Å²) in [6.45, 7) is 0.498. The van der Waals surface area contributed by atoms with Crippen LogP contribution in [0.5, 0.6) is 17.2 Å². The highest BCUT2D eigenvalue weighted by atomic mass is 16.5. The van der Waals surface area contributed by atoms with Crippen molar-refractivity contribution in [1.29, 1.82) is 0 Å². The zero-order valence-electron chi connectivity index (χ0n) is 10.3. The topological polar surface area (TPSA) is 38.7 Å². The quantitative estimate of drug-likeness (QED) is 0.878. The van der Waals surface area contributed by atoms with Crippen LogP contribution in [-0.4, -0.2) is 18.8 Å². The van der Waals surface area contributed by atoms with Crippen molar-refractivity contribution in [3.63, 3.8) is 0 Å². The Morgan fingerprint density at radius 2 is 1.61 bits per heavy atom. The van der Waals surface area contributed by atoms with Gasteiger partial charge >= 0.3 is 0 Å². The molecule has 0 radical (unpaired) electrons. The third kappa shape index (κ3) is 2.94. The fraction of sp³-hybridized carbons (Fsp3) is 0.200. The number of aromatic hydroxyl groups is 1. The highest BCUT2D eigenvalue weighted by molar-refractivity contribution is 5.39. The summed E-state index contributed by atoms with van der Waals surface area (Å²) in [5, 5.41) is 9.63. The van der Waals surface area contributed by atoms with E-state index in [0.29, 0.717) is 18.8 Å². The second kappa shape index (κ2) is 5.96. The van der Waals surface area contributed by atoms with E-state index in [9.17, 15) is 5.11 Å². The number of methoxy groups -OCH3 is 1. The monoisotopic (exact) mass is 244 g/mol. The zero-order chi connectivity index (χ0) is 12.8. The molecule has 3 nitrogen and oxygen atoms in total. The second-order valence-electron chi connectivity index (χ2n) is 3.88. The lowest BCUT2D eigenvalue weighted by molar-refractivity contribution is 0.296. The van der Waals surface area contributed by atoms with Gasteiger partial charge in [-0.05, 0) is 23.8 Å². The van der Waals surface area contributed by atoms with E-state index in [1.54, 1.807) is 19.2 Å². The molecule has 0 aliphatic heterocycles. The van der Waals surface area contributed by atoms with Gasteiger partial charge in [-0.1, -0.05) is 30.3 Å². The molecule has 3 heteroatoms. The number of benzene rings is 2. The second-order valence-corrected chi connectivity index (χ2v) is 3.88. The van der Waals surface area contributed by atoms with Gasteiger partial charge < -0.3 is 14.6 Å². The Hall–Kier alpha value is -2.16. The summed E-state index contributed by atoms with van der Waals surface area (Å²) < 4.78 is 10.8. The van der Waals surface area contributed by atoms with Crippen LogP contribution in [0.2, 0.25) is 0 Å². The molecular weight excluding hydrogens is 228 g/mol. The number of rotatable bonds is 5. The van der Waals surface area contributed by atoms with Crippen LogP contribution in [0.15, 0.2) is 48.5 Å². The van der Waals surface area contributed by atoms with E-state index in [1.807, 2.05) is 36.4 Å². The summed E-state index contributed by atoms with van der Waals surface area (Å²) >= 11 is 0. The van der Waals surface area contributed by atoms with Crippen LogP contribution in [0.25, 0.3) is 0 Å². The molecule has 0 unspecified atom stereocenters. The first-order chi connectivity index (χ1) is 8.81. The van der Waals surface area contributed by atoms with E-state index in [2.05, 4.69) is 0 Å². The first-order valence-corrected chi connectivity index (χ1v) is 5.84. The van der Waals surface area contributed by atoms with Gasteiger partial charge in [-0.2, -0.15) is 0 Å². The summed E-state index contributed by atoms with van der Waals surface area (Å²) in [5.74, 6) is 1.74. The molecule has 2 aromatic rings. The number of ether oxygens (including phenoxy) is 2. The summed E-state index contributed by atoms with van der Waals surface area (Å²) in [4.78, 5) is 0. The molecule has 0 saturated heterocycles. The number of para-hydroxylation sites is 3. The maximum Gasteiger partial charge on any atom is 0.161 e. The van der Waals surface area contributed by atoms with E-state index in [-0.39, 0.29) is 0 Å². The summed E-state index contributed by atoms with van der Waals surface area (Å²) in [7, 11) is 1.62. The minimum absolute atomic E-state index is 0.307. The molecule has 1 N–H and O–H groups in total. The number of phenolic OH excluding ortho intramolecular Hbond substituents is 1. The third-order valence-electron chi connectivity index (χ3n) is 2.69. The van der Waals surface area contributed by atoms with Crippen molar-refractivity contribution >= 4 is 0 Å². The Balaban J connectivity index is 1.95. The zero-order valence-corrected chi connectivity index (χ0v) is 10.3. The Bertz CT molecular complexity index is 509. The summed E-state index contributed by atoms with van der Waals surface area (Å²) in [6.07, 6.45) is 0.657. The SMILES string of the molecule is COc1ccccc1OCCc1ccccc1O. The van der Waals surface area contributed by atoms with Crippen LogP contribution >= 0.6 is 0 Å². The van der Waals surface area contributed by atoms with Gasteiger partial charge in [0.1, 0.15) is 5.75 Å². The third-order valence-corrected chi connectivity index (χ3v) is 2.69. The molecule has 0 aliphatic rings. The normalized spacial score (nSPS) is 10.1. The Morgan fingerprint density at radius 1 is 0.944 bits per heavy atom. The molecule has 94 valence electrons. The van der Waals surface area contributed by atoms with Crippen LogP contribution in [0.3, 0.4) is 0 Å². The minimum Gasteiger partial charge on any atom is -0.508 e. The molecule has 0 aliphatic carbocycles. The van der Waals surface area contributed by atoms with E-state index < -0.39 is 0 Å². The van der Waals surface area contributed by atoms with Gasteiger partial charge in [-0.15, -0.1) is 0 Å². The highest BCUT2D eigenvalue weighted by Crippen LogP contribution is 2.26. The first kappa shape index (κ1) is 12.3. The average Bonchev–Trinajstić information content (AvgIpc) is 2.41. The van der Waals surface area contributed by atoms with Crippen molar-refractivity contribution in [2.24, 2.45) is 0 Å². The van der Waals surface area contributed by atoms with Gasteiger partial charge in [0.05, 0.1) is 13.7 Å². The molecule has 0 spiro atoms. The first-order valence-electron chi connectivity index (χ1n) is 5.84. The summed E-state index contributed by atoms with van der Waals surface area (Å²) in [6, 6.07) is 14.8. The smallest absolute Gasteiger partial charge is 0.161 e. The Labute approximate surface area is 107 Å². The predicted octanol–water partition coefficient (Wildman–Crippen LogP) is 3.02. The molecule has 0 atom stereocenters. The molecule has 2 rings (SSSR count). The number of hydrogen-bond donors (Lipinski definition) is 1. The highest BCUT2D eigenvalue weighted by Gasteiger charge is 2.04. The average molecular weight is 244 g/mol. The summed E-state index contributed by atoms with van der Waals surface area (Å²) in [5.41, 5.74) is 0.882. The maximum atomic E-state index is 9.63.